The first-order valence-electron chi connectivity index (χ1n) is 13.1. The van der Waals surface area contributed by atoms with Crippen molar-refractivity contribution in [2.45, 2.75) is 79.9 Å². The average Bonchev–Trinajstić information content (AvgIpc) is 3.16. The van der Waals surface area contributed by atoms with Crippen LogP contribution in [0.2, 0.25) is 0 Å². The van der Waals surface area contributed by atoms with Crippen LogP contribution in [0.1, 0.15) is 67.7 Å². The van der Waals surface area contributed by atoms with Crippen LogP contribution in [0.4, 0.5) is 0 Å². The normalized spacial score (nSPS) is 29.7. The quantitative estimate of drug-likeness (QED) is 0.430. The maximum absolute atomic E-state index is 6.93. The molecule has 0 aliphatic carbocycles. The Kier molecular flexibility index (Phi) is 5.55. The molecule has 0 amide bonds. The maximum atomic E-state index is 6.93. The Labute approximate surface area is 206 Å². The highest BCUT2D eigenvalue weighted by atomic mass is 16.5. The Morgan fingerprint density at radius 1 is 1.09 bits per heavy atom. The lowest BCUT2D eigenvalue weighted by Crippen LogP contribution is -2.46. The number of allylic oxidation sites excluding steroid dienone is 7. The summed E-state index contributed by atoms with van der Waals surface area (Å²) in [5.41, 5.74) is 11.1. The average molecular weight is 458 g/mol. The molecule has 5 rings (SSSR count). The highest BCUT2D eigenvalue weighted by Gasteiger charge is 2.54. The standard InChI is InChI=1S/C31H41N2O/c1-9-13-23-24(12-4)32-17-15-26-21(29(32)31(23,7)8)19-20-27(34-26)16-18-33-25(14-10-2)22(11-3)30(5,6)28(20)33/h9-10,12-14,19,26-27H,4,11,15-18H2,1-3,5-8H3/q+1/b13-9-,14-10-. The molecule has 3 heteroatoms. The van der Waals surface area contributed by atoms with Crippen LogP contribution >= 0.6 is 0 Å². The van der Waals surface area contributed by atoms with Gasteiger partial charge in [0, 0.05) is 52.6 Å². The molecule has 0 spiro atoms. The fraction of sp³-hybridized carbons (Fsp3) is 0.516. The predicted molar refractivity (Wildman–Crippen MR) is 142 cm³/mol. The van der Waals surface area contributed by atoms with Crippen LogP contribution < -0.4 is 0 Å². The topological polar surface area (TPSA) is 15.5 Å². The van der Waals surface area contributed by atoms with E-state index < -0.39 is 0 Å². The summed E-state index contributed by atoms with van der Waals surface area (Å²) in [6.45, 7) is 22.3. The first-order chi connectivity index (χ1) is 16.2. The summed E-state index contributed by atoms with van der Waals surface area (Å²) in [5, 5.41) is 0. The zero-order valence-corrected chi connectivity index (χ0v) is 22.2. The molecule has 0 saturated carbocycles. The van der Waals surface area contributed by atoms with E-state index in [9.17, 15) is 0 Å². The van der Waals surface area contributed by atoms with Gasteiger partial charge in [0.15, 0.2) is 12.3 Å². The molecule has 2 unspecified atom stereocenters. The van der Waals surface area contributed by atoms with Gasteiger partial charge in [0.25, 0.3) is 0 Å². The summed E-state index contributed by atoms with van der Waals surface area (Å²) in [7, 11) is 0. The Hall–Kier alpha value is -2.39. The lowest BCUT2D eigenvalue weighted by Gasteiger charge is -2.43. The lowest BCUT2D eigenvalue weighted by atomic mass is 9.73. The molecule has 0 bridgehead atoms. The number of fused-ring (bicyclic) bond motifs is 4. The van der Waals surface area contributed by atoms with Gasteiger partial charge >= 0.3 is 0 Å². The third kappa shape index (κ3) is 3.02. The van der Waals surface area contributed by atoms with E-state index in [0.29, 0.717) is 0 Å². The van der Waals surface area contributed by atoms with Crippen molar-refractivity contribution in [3.8, 4) is 0 Å². The zero-order chi connectivity index (χ0) is 24.4. The van der Waals surface area contributed by atoms with Crippen molar-refractivity contribution in [3.05, 3.63) is 82.4 Å². The second-order valence-electron chi connectivity index (χ2n) is 11.2. The predicted octanol–water partition coefficient (Wildman–Crippen LogP) is 6.83. The molecule has 5 aliphatic rings. The van der Waals surface area contributed by atoms with Crippen LogP contribution in [0.5, 0.6) is 0 Å². The molecular weight excluding hydrogens is 416 g/mol. The van der Waals surface area contributed by atoms with E-state index in [2.05, 4.69) is 94.9 Å². The fourth-order valence-electron chi connectivity index (χ4n) is 7.36. The van der Waals surface area contributed by atoms with Crippen LogP contribution in [0.3, 0.4) is 0 Å². The highest BCUT2D eigenvalue weighted by Crippen LogP contribution is 2.54. The van der Waals surface area contributed by atoms with Crippen molar-refractivity contribution in [2.24, 2.45) is 10.8 Å². The Morgan fingerprint density at radius 2 is 1.82 bits per heavy atom. The van der Waals surface area contributed by atoms with Crippen molar-refractivity contribution in [2.75, 3.05) is 13.1 Å². The molecule has 5 heterocycles. The van der Waals surface area contributed by atoms with Crippen molar-refractivity contribution < 1.29 is 9.31 Å². The van der Waals surface area contributed by atoms with Crippen molar-refractivity contribution in [1.29, 1.82) is 0 Å². The number of nitrogens with zero attached hydrogens (tertiary/aromatic N) is 2. The van der Waals surface area contributed by atoms with Gasteiger partial charge in [-0.05, 0) is 58.3 Å². The maximum Gasteiger partial charge on any atom is 0.209 e. The summed E-state index contributed by atoms with van der Waals surface area (Å²) in [5.74, 6) is 0. The molecule has 0 aromatic carbocycles. The Balaban J connectivity index is 1.71. The summed E-state index contributed by atoms with van der Waals surface area (Å²) in [6.07, 6.45) is 17.0. The molecule has 0 aromatic rings. The summed E-state index contributed by atoms with van der Waals surface area (Å²) < 4.78 is 9.44. The van der Waals surface area contributed by atoms with E-state index in [0.717, 1.165) is 32.4 Å². The van der Waals surface area contributed by atoms with Crippen LogP contribution in [-0.4, -0.2) is 40.5 Å². The molecule has 34 heavy (non-hydrogen) atoms. The largest absolute Gasteiger partial charge is 0.365 e. The van der Waals surface area contributed by atoms with Crippen LogP contribution in [0.15, 0.2) is 82.4 Å². The van der Waals surface area contributed by atoms with Gasteiger partial charge < -0.3 is 9.64 Å². The lowest BCUT2D eigenvalue weighted by molar-refractivity contribution is -0.476. The third-order valence-corrected chi connectivity index (χ3v) is 8.63. The molecule has 5 aliphatic heterocycles. The van der Waals surface area contributed by atoms with Crippen LogP contribution in [0, 0.1) is 10.8 Å². The van der Waals surface area contributed by atoms with Crippen molar-refractivity contribution in [1.82, 2.24) is 4.90 Å². The van der Waals surface area contributed by atoms with Gasteiger partial charge in [-0.25, -0.2) is 0 Å². The third-order valence-electron chi connectivity index (χ3n) is 8.63. The van der Waals surface area contributed by atoms with E-state index in [1.165, 1.54) is 39.5 Å². The number of hydrogen-bond acceptors (Lipinski definition) is 2. The molecular formula is C31H41N2O+. The second kappa shape index (κ2) is 8.09. The molecule has 2 atom stereocenters. The summed E-state index contributed by atoms with van der Waals surface area (Å²) in [6, 6.07) is 0. The van der Waals surface area contributed by atoms with Crippen LogP contribution in [0.25, 0.3) is 0 Å². The van der Waals surface area contributed by atoms with Gasteiger partial charge in [0.2, 0.25) is 5.70 Å². The first kappa shape index (κ1) is 23.4. The minimum Gasteiger partial charge on any atom is -0.365 e. The summed E-state index contributed by atoms with van der Waals surface area (Å²) in [4.78, 5) is 2.59. The summed E-state index contributed by atoms with van der Waals surface area (Å²) >= 11 is 0. The van der Waals surface area contributed by atoms with E-state index in [1.807, 2.05) is 6.08 Å². The Bertz CT molecular complexity index is 1160. The van der Waals surface area contributed by atoms with Crippen molar-refractivity contribution >= 4 is 5.71 Å². The minimum atomic E-state index is -0.0789. The second-order valence-corrected chi connectivity index (χ2v) is 11.2. The van der Waals surface area contributed by atoms with Gasteiger partial charge in [0.1, 0.15) is 0 Å². The van der Waals surface area contributed by atoms with Gasteiger partial charge in [-0.2, -0.15) is 4.58 Å². The zero-order valence-electron chi connectivity index (χ0n) is 22.2. The first-order valence-corrected chi connectivity index (χ1v) is 13.1. The Morgan fingerprint density at radius 3 is 2.47 bits per heavy atom. The molecule has 0 aromatic heterocycles. The van der Waals surface area contributed by atoms with E-state index in [-0.39, 0.29) is 23.0 Å². The van der Waals surface area contributed by atoms with Gasteiger partial charge in [-0.15, -0.1) is 0 Å². The fourth-order valence-corrected chi connectivity index (χ4v) is 7.36. The highest BCUT2D eigenvalue weighted by molar-refractivity contribution is 6.06. The number of rotatable bonds is 4. The van der Waals surface area contributed by atoms with Gasteiger partial charge in [0.05, 0.1) is 17.6 Å². The molecule has 0 radical (unpaired) electrons. The molecule has 180 valence electrons. The molecule has 0 saturated heterocycles. The monoisotopic (exact) mass is 457 g/mol. The van der Waals surface area contributed by atoms with E-state index >= 15 is 0 Å². The van der Waals surface area contributed by atoms with Crippen LogP contribution in [-0.2, 0) is 4.74 Å². The smallest absolute Gasteiger partial charge is 0.209 e. The molecule has 0 fully saturated rings. The van der Waals surface area contributed by atoms with Gasteiger partial charge in [-0.1, -0.05) is 45.6 Å². The number of hydrogen-bond donors (Lipinski definition) is 0. The van der Waals surface area contributed by atoms with Crippen molar-refractivity contribution in [3.63, 3.8) is 0 Å². The molecule has 0 N–H and O–H groups in total. The minimum absolute atomic E-state index is 0.00963. The van der Waals surface area contributed by atoms with E-state index in [4.69, 9.17) is 4.74 Å². The number of ether oxygens (including phenoxy) is 1. The van der Waals surface area contributed by atoms with Gasteiger partial charge in [-0.3, -0.25) is 0 Å². The molecule has 3 nitrogen and oxygen atoms in total. The van der Waals surface area contributed by atoms with E-state index in [1.54, 1.807) is 5.57 Å². The SMILES string of the molecule is C=CC1=C(/C=C\C)C(C)(C)C2=[N+]1CCC1OC3CCN4C(/C=C\C)=C(CC)C(C)(C)C4=C3C=C21.